The zero-order chi connectivity index (χ0) is 26.8. The Morgan fingerprint density at radius 1 is 0.789 bits per heavy atom. The van der Waals surface area contributed by atoms with Gasteiger partial charge in [-0.05, 0) is 85.8 Å². The molecular weight excluding hydrogens is 524 g/mol. The van der Waals surface area contributed by atoms with E-state index in [1.54, 1.807) is 28.8 Å². The Kier molecular flexibility index (Phi) is 7.62. The Labute approximate surface area is 223 Å². The third-order valence-electron chi connectivity index (χ3n) is 7.06. The molecule has 3 aromatic rings. The molecule has 3 heterocycles. The second-order valence-corrected chi connectivity index (χ2v) is 13.4. The van der Waals surface area contributed by atoms with Gasteiger partial charge in [0.05, 0.1) is 15.8 Å². The number of carbonyl (C=O) groups is 1. The summed E-state index contributed by atoms with van der Waals surface area (Å²) < 4.78 is 55.4. The van der Waals surface area contributed by atoms with Crippen molar-refractivity contribution in [3.8, 4) is 0 Å². The number of nitrogens with one attached hydrogen (secondary N) is 1. The topological polar surface area (TPSA) is 117 Å². The van der Waals surface area contributed by atoms with Crippen LogP contribution in [-0.2, 0) is 20.0 Å². The third kappa shape index (κ3) is 5.37. The lowest BCUT2D eigenvalue weighted by molar-refractivity contribution is 0.102. The quantitative estimate of drug-likeness (QED) is 0.471. The first-order chi connectivity index (χ1) is 18.3. The second kappa shape index (κ2) is 10.9. The predicted molar refractivity (Wildman–Crippen MR) is 144 cm³/mol. The van der Waals surface area contributed by atoms with E-state index in [1.165, 1.54) is 40.7 Å². The highest BCUT2D eigenvalue weighted by Crippen LogP contribution is 2.35. The summed E-state index contributed by atoms with van der Waals surface area (Å²) >= 11 is 0. The Morgan fingerprint density at radius 2 is 1.42 bits per heavy atom. The summed E-state index contributed by atoms with van der Waals surface area (Å²) in [5.41, 5.74) is 1.61. The number of benzene rings is 2. The third-order valence-corrected chi connectivity index (χ3v) is 10.9. The number of pyridine rings is 1. The van der Waals surface area contributed by atoms with Gasteiger partial charge in [0.15, 0.2) is 0 Å². The van der Waals surface area contributed by atoms with Crippen LogP contribution in [0.2, 0.25) is 0 Å². The van der Waals surface area contributed by atoms with Gasteiger partial charge in [-0.1, -0.05) is 12.5 Å². The smallest absolute Gasteiger partial charge is 0.255 e. The summed E-state index contributed by atoms with van der Waals surface area (Å²) in [4.78, 5) is 17.2. The lowest BCUT2D eigenvalue weighted by atomic mass is 9.99. The maximum Gasteiger partial charge on any atom is 0.255 e. The molecule has 1 unspecified atom stereocenters. The van der Waals surface area contributed by atoms with Crippen LogP contribution in [0.25, 0.3) is 0 Å². The lowest BCUT2D eigenvalue weighted by Crippen LogP contribution is -2.38. The van der Waals surface area contributed by atoms with Crippen molar-refractivity contribution in [2.75, 3.05) is 25.0 Å². The van der Waals surface area contributed by atoms with Gasteiger partial charge in [0.1, 0.15) is 0 Å². The Morgan fingerprint density at radius 3 is 2.08 bits per heavy atom. The number of piperidine rings is 1. The zero-order valence-corrected chi connectivity index (χ0v) is 22.5. The maximum atomic E-state index is 13.5. The fourth-order valence-corrected chi connectivity index (χ4v) is 8.20. The molecule has 5 rings (SSSR count). The number of sulfonamides is 2. The fraction of sp³-hybridized carbons (Fsp3) is 0.333. The molecule has 1 atom stereocenters. The van der Waals surface area contributed by atoms with Crippen LogP contribution < -0.4 is 5.32 Å². The number of hydrogen-bond donors (Lipinski definition) is 1. The molecule has 1 N–H and O–H groups in total. The van der Waals surface area contributed by atoms with Crippen molar-refractivity contribution >= 4 is 31.6 Å². The van der Waals surface area contributed by atoms with Crippen LogP contribution in [0.1, 0.15) is 54.1 Å². The fourth-order valence-electron chi connectivity index (χ4n) is 5.00. The minimum absolute atomic E-state index is 0.155. The molecule has 2 aliphatic rings. The highest BCUT2D eigenvalue weighted by atomic mass is 32.2. The maximum absolute atomic E-state index is 13.5. The number of hydrogen-bond acceptors (Lipinski definition) is 6. The van der Waals surface area contributed by atoms with Gasteiger partial charge < -0.3 is 5.32 Å². The largest absolute Gasteiger partial charge is 0.322 e. The molecule has 1 amide bonds. The van der Waals surface area contributed by atoms with Crippen molar-refractivity contribution in [1.29, 1.82) is 0 Å². The van der Waals surface area contributed by atoms with Crippen molar-refractivity contribution < 1.29 is 21.6 Å². The number of aromatic nitrogens is 1. The van der Waals surface area contributed by atoms with Crippen molar-refractivity contribution in [3.63, 3.8) is 0 Å². The average molecular weight is 555 g/mol. The van der Waals surface area contributed by atoms with E-state index in [0.717, 1.165) is 37.7 Å². The number of rotatable bonds is 7. The second-order valence-electron chi connectivity index (χ2n) is 9.53. The molecule has 1 aromatic heterocycles. The van der Waals surface area contributed by atoms with Gasteiger partial charge >= 0.3 is 0 Å². The highest BCUT2D eigenvalue weighted by Gasteiger charge is 2.34. The van der Waals surface area contributed by atoms with Gasteiger partial charge in [0, 0.05) is 43.3 Å². The van der Waals surface area contributed by atoms with Gasteiger partial charge in [0.2, 0.25) is 20.0 Å². The van der Waals surface area contributed by atoms with Crippen LogP contribution in [0.5, 0.6) is 0 Å². The number of anilines is 1. The van der Waals surface area contributed by atoms with E-state index in [2.05, 4.69) is 10.3 Å². The number of amides is 1. The van der Waals surface area contributed by atoms with E-state index in [9.17, 15) is 21.6 Å². The van der Waals surface area contributed by atoms with Crippen molar-refractivity contribution in [1.82, 2.24) is 13.6 Å². The molecule has 0 saturated carbocycles. The molecule has 2 aromatic carbocycles. The molecule has 200 valence electrons. The van der Waals surface area contributed by atoms with Crippen molar-refractivity contribution in [2.24, 2.45) is 0 Å². The van der Waals surface area contributed by atoms with E-state index in [1.807, 2.05) is 12.1 Å². The van der Waals surface area contributed by atoms with Crippen molar-refractivity contribution in [3.05, 3.63) is 84.2 Å². The minimum Gasteiger partial charge on any atom is -0.322 e. The van der Waals surface area contributed by atoms with E-state index in [0.29, 0.717) is 30.9 Å². The molecule has 2 aliphatic heterocycles. The summed E-state index contributed by atoms with van der Waals surface area (Å²) in [6, 6.07) is 15.4. The predicted octanol–water partition coefficient (Wildman–Crippen LogP) is 4.03. The van der Waals surface area contributed by atoms with Gasteiger partial charge in [-0.3, -0.25) is 9.78 Å². The molecule has 2 saturated heterocycles. The van der Waals surface area contributed by atoms with Crippen molar-refractivity contribution in [2.45, 2.75) is 47.9 Å². The summed E-state index contributed by atoms with van der Waals surface area (Å²) in [5, 5.41) is 2.75. The molecule has 9 nitrogen and oxygen atoms in total. The molecule has 0 aliphatic carbocycles. The normalized spacial score (nSPS) is 19.3. The Balaban J connectivity index is 1.28. The Bertz CT molecular complexity index is 1490. The minimum atomic E-state index is -3.75. The Hall–Kier alpha value is -3.12. The van der Waals surface area contributed by atoms with Gasteiger partial charge in [-0.25, -0.2) is 16.8 Å². The zero-order valence-electron chi connectivity index (χ0n) is 20.9. The summed E-state index contributed by atoms with van der Waals surface area (Å²) in [7, 11) is -7.30. The van der Waals surface area contributed by atoms with E-state index in [-0.39, 0.29) is 15.8 Å². The van der Waals surface area contributed by atoms with Crippen LogP contribution >= 0.6 is 0 Å². The molecule has 0 radical (unpaired) electrons. The number of carbonyl (C=O) groups excluding carboxylic acids is 1. The molecule has 38 heavy (non-hydrogen) atoms. The summed E-state index contributed by atoms with van der Waals surface area (Å²) in [6.07, 6.45) is 7.56. The molecule has 0 spiro atoms. The van der Waals surface area contributed by atoms with Crippen LogP contribution in [0.15, 0.2) is 82.8 Å². The van der Waals surface area contributed by atoms with E-state index >= 15 is 0 Å². The molecule has 0 bridgehead atoms. The van der Waals surface area contributed by atoms with Crippen LogP contribution in [0.4, 0.5) is 5.69 Å². The molecular formula is C27H30N4O5S2. The van der Waals surface area contributed by atoms with Gasteiger partial charge in [0.25, 0.3) is 5.91 Å². The SMILES string of the molecule is O=C(Nc1ccc(S(=O)(=O)N2CCCCC2c2cccnc2)cc1)c1ccc(S(=O)(=O)N2CCCC2)cc1. The first kappa shape index (κ1) is 26.5. The van der Waals surface area contributed by atoms with Crippen LogP contribution in [0.3, 0.4) is 0 Å². The first-order valence-corrected chi connectivity index (χ1v) is 15.6. The van der Waals surface area contributed by atoms with Gasteiger partial charge in [-0.2, -0.15) is 8.61 Å². The monoisotopic (exact) mass is 554 g/mol. The molecule has 11 heteroatoms. The first-order valence-electron chi connectivity index (χ1n) is 12.7. The van der Waals surface area contributed by atoms with E-state index < -0.39 is 26.0 Å². The lowest BCUT2D eigenvalue weighted by Gasteiger charge is -2.34. The van der Waals surface area contributed by atoms with E-state index in [4.69, 9.17) is 0 Å². The summed E-state index contributed by atoms with van der Waals surface area (Å²) in [5.74, 6) is -0.418. The van der Waals surface area contributed by atoms with Crippen LogP contribution in [0, 0.1) is 0 Å². The van der Waals surface area contributed by atoms with Gasteiger partial charge in [-0.15, -0.1) is 0 Å². The molecule has 2 fully saturated rings. The average Bonchev–Trinajstić information content (AvgIpc) is 3.50. The highest BCUT2D eigenvalue weighted by molar-refractivity contribution is 7.89. The number of nitrogens with zero attached hydrogens (tertiary/aromatic N) is 3. The standard InChI is InChI=1S/C27H30N4O5S2/c32-27(21-8-12-24(13-9-21)37(33,34)30-17-3-4-18-30)29-23-10-14-25(15-11-23)38(35,36)31-19-2-1-7-26(31)22-6-5-16-28-20-22/h5-6,8-16,20,26H,1-4,7,17-19H2,(H,29,32). The summed E-state index contributed by atoms with van der Waals surface area (Å²) in [6.45, 7) is 1.46. The van der Waals surface area contributed by atoms with Crippen LogP contribution in [-0.4, -0.2) is 56.0 Å².